The third-order valence-corrected chi connectivity index (χ3v) is 4.05. The second kappa shape index (κ2) is 7.38. The number of hydrogen-bond acceptors (Lipinski definition) is 2. The second-order valence-corrected chi connectivity index (χ2v) is 6.34. The van der Waals surface area contributed by atoms with Crippen LogP contribution < -0.4 is 10.2 Å². The van der Waals surface area contributed by atoms with Gasteiger partial charge >= 0.3 is 0 Å². The van der Waals surface area contributed by atoms with Crippen LogP contribution in [-0.4, -0.2) is 19.5 Å². The van der Waals surface area contributed by atoms with Gasteiger partial charge in [0.05, 0.1) is 27.8 Å². The van der Waals surface area contributed by atoms with Gasteiger partial charge in [0.15, 0.2) is 12.3 Å². The summed E-state index contributed by atoms with van der Waals surface area (Å²) in [6.07, 6.45) is 0. The van der Waals surface area contributed by atoms with Crippen molar-refractivity contribution < 1.29 is 14.1 Å². The molecule has 1 atom stereocenters. The number of rotatable bonds is 5. The van der Waals surface area contributed by atoms with Crippen molar-refractivity contribution in [1.82, 2.24) is 0 Å². The molecule has 0 spiro atoms. The van der Waals surface area contributed by atoms with Gasteiger partial charge in [-0.1, -0.05) is 34.8 Å². The van der Waals surface area contributed by atoms with E-state index in [0.717, 1.165) is 16.4 Å². The van der Waals surface area contributed by atoms with Crippen LogP contribution in [0.25, 0.3) is 0 Å². The molecule has 0 aliphatic heterocycles. The van der Waals surface area contributed by atoms with Gasteiger partial charge < -0.3 is 14.6 Å². The molecule has 1 heterocycles. The smallest absolute Gasteiger partial charge is 0.279 e. The summed E-state index contributed by atoms with van der Waals surface area (Å²) >= 11 is 17.8. The van der Waals surface area contributed by atoms with E-state index >= 15 is 0 Å². The Kier molecular flexibility index (Phi) is 5.75. The third kappa shape index (κ3) is 4.65. The highest BCUT2D eigenvalue weighted by Crippen LogP contribution is 2.32. The van der Waals surface area contributed by atoms with Gasteiger partial charge in [-0.3, -0.25) is 4.79 Å². The second-order valence-electron chi connectivity index (χ2n) is 5.12. The van der Waals surface area contributed by atoms with E-state index < -0.39 is 0 Å². The molecule has 118 valence electrons. The lowest BCUT2D eigenvalue weighted by atomic mass is 10.3. The number of carbonyl (C=O) groups is 1. The highest BCUT2D eigenvalue weighted by atomic mass is 35.5. The van der Waals surface area contributed by atoms with Crippen LogP contribution in [0.2, 0.25) is 15.1 Å². The van der Waals surface area contributed by atoms with E-state index in [1.165, 1.54) is 12.1 Å². The van der Waals surface area contributed by atoms with Gasteiger partial charge in [0.2, 0.25) is 0 Å². The van der Waals surface area contributed by atoms with Crippen LogP contribution >= 0.6 is 34.8 Å². The summed E-state index contributed by atoms with van der Waals surface area (Å²) in [6.45, 7) is 2.78. The molecule has 2 N–H and O–H groups in total. The predicted molar refractivity (Wildman–Crippen MR) is 89.0 cm³/mol. The Morgan fingerprint density at radius 3 is 2.50 bits per heavy atom. The molecule has 4 nitrogen and oxygen atoms in total. The molecule has 1 unspecified atom stereocenters. The minimum absolute atomic E-state index is 0.166. The lowest BCUT2D eigenvalue weighted by Crippen LogP contribution is -3.08. The Balaban J connectivity index is 1.93. The van der Waals surface area contributed by atoms with Crippen molar-refractivity contribution in [3.63, 3.8) is 0 Å². The number of anilines is 1. The van der Waals surface area contributed by atoms with E-state index in [0.29, 0.717) is 27.3 Å². The zero-order valence-corrected chi connectivity index (χ0v) is 14.4. The first-order chi connectivity index (χ1) is 10.3. The van der Waals surface area contributed by atoms with Crippen LogP contribution in [0, 0.1) is 6.92 Å². The van der Waals surface area contributed by atoms with E-state index in [4.69, 9.17) is 39.2 Å². The SMILES string of the molecule is Cc1ccc(C[NH+](C)CC(=O)Nc2cc(Cl)c(Cl)cc2Cl)o1. The van der Waals surface area contributed by atoms with Crippen LogP contribution in [0.3, 0.4) is 0 Å². The quantitative estimate of drug-likeness (QED) is 0.802. The number of quaternary nitrogens is 1. The molecule has 1 amide bonds. The molecule has 1 aromatic carbocycles. The average molecular weight is 363 g/mol. The van der Waals surface area contributed by atoms with Crippen LogP contribution in [-0.2, 0) is 11.3 Å². The maximum absolute atomic E-state index is 12.1. The molecular weight excluding hydrogens is 347 g/mol. The molecule has 7 heteroatoms. The van der Waals surface area contributed by atoms with Crippen LogP contribution in [0.1, 0.15) is 11.5 Å². The van der Waals surface area contributed by atoms with Gasteiger partial charge in [0, 0.05) is 0 Å². The van der Waals surface area contributed by atoms with Gasteiger partial charge in [-0.2, -0.15) is 0 Å². The Morgan fingerprint density at radius 1 is 1.18 bits per heavy atom. The summed E-state index contributed by atoms with van der Waals surface area (Å²) in [5.74, 6) is 1.53. The molecule has 0 bridgehead atoms. The topological polar surface area (TPSA) is 46.7 Å². The number of amides is 1. The number of aryl methyl sites for hydroxylation is 1. The fraction of sp³-hybridized carbons (Fsp3) is 0.267. The van der Waals surface area contributed by atoms with E-state index in [9.17, 15) is 4.79 Å². The van der Waals surface area contributed by atoms with Crippen LogP contribution in [0.4, 0.5) is 5.69 Å². The van der Waals surface area contributed by atoms with Crippen molar-refractivity contribution in [2.24, 2.45) is 0 Å². The van der Waals surface area contributed by atoms with Gasteiger partial charge in [-0.15, -0.1) is 0 Å². The van der Waals surface area contributed by atoms with Crippen molar-refractivity contribution >= 4 is 46.4 Å². The maximum Gasteiger partial charge on any atom is 0.279 e. The van der Waals surface area contributed by atoms with Gasteiger partial charge in [0.25, 0.3) is 5.91 Å². The standard InChI is InChI=1S/C15H15Cl3N2O2/c1-9-3-4-10(22-9)7-20(2)8-15(21)19-14-6-12(17)11(16)5-13(14)18/h3-6H,7-8H2,1-2H3,(H,19,21)/p+1. The molecule has 22 heavy (non-hydrogen) atoms. The Bertz CT molecular complexity index is 685. The van der Waals surface area contributed by atoms with Gasteiger partial charge in [0.1, 0.15) is 12.3 Å². The first-order valence-corrected chi connectivity index (χ1v) is 7.79. The van der Waals surface area contributed by atoms with E-state index in [-0.39, 0.29) is 12.5 Å². The van der Waals surface area contributed by atoms with E-state index in [1.807, 2.05) is 26.1 Å². The Labute approximate surface area is 143 Å². The zero-order valence-electron chi connectivity index (χ0n) is 12.2. The average Bonchev–Trinajstić information content (AvgIpc) is 2.81. The first-order valence-electron chi connectivity index (χ1n) is 6.66. The summed E-state index contributed by atoms with van der Waals surface area (Å²) in [6, 6.07) is 6.85. The van der Waals surface area contributed by atoms with Gasteiger partial charge in [-0.25, -0.2) is 0 Å². The first kappa shape index (κ1) is 17.2. The highest BCUT2D eigenvalue weighted by Gasteiger charge is 2.14. The number of nitrogens with one attached hydrogen (secondary N) is 2. The number of carbonyl (C=O) groups excluding carboxylic acids is 1. The highest BCUT2D eigenvalue weighted by molar-refractivity contribution is 6.44. The van der Waals surface area contributed by atoms with E-state index in [2.05, 4.69) is 5.32 Å². The molecule has 0 aliphatic rings. The number of furan rings is 1. The number of benzene rings is 1. The normalized spacial score (nSPS) is 12.2. The van der Waals surface area contributed by atoms with Gasteiger partial charge in [-0.05, 0) is 31.2 Å². The third-order valence-electron chi connectivity index (χ3n) is 3.02. The lowest BCUT2D eigenvalue weighted by Gasteiger charge is -2.13. The minimum Gasteiger partial charge on any atom is -0.460 e. The van der Waals surface area contributed by atoms with Crippen LogP contribution in [0.15, 0.2) is 28.7 Å². The largest absolute Gasteiger partial charge is 0.460 e. The molecule has 0 saturated carbocycles. The maximum atomic E-state index is 12.1. The lowest BCUT2D eigenvalue weighted by molar-refractivity contribution is -0.886. The predicted octanol–water partition coefficient (Wildman–Crippen LogP) is 3.20. The monoisotopic (exact) mass is 361 g/mol. The number of halogens is 3. The molecule has 0 aliphatic carbocycles. The minimum atomic E-state index is -0.166. The van der Waals surface area contributed by atoms with E-state index in [1.54, 1.807) is 0 Å². The molecule has 2 aromatic rings. The molecule has 0 saturated heterocycles. The Morgan fingerprint density at radius 2 is 1.86 bits per heavy atom. The van der Waals surface area contributed by atoms with Crippen molar-refractivity contribution in [2.45, 2.75) is 13.5 Å². The Hall–Kier alpha value is -1.20. The number of hydrogen-bond donors (Lipinski definition) is 2. The zero-order chi connectivity index (χ0) is 16.3. The van der Waals surface area contributed by atoms with Crippen molar-refractivity contribution in [2.75, 3.05) is 18.9 Å². The summed E-state index contributed by atoms with van der Waals surface area (Å²) in [5.41, 5.74) is 0.447. The molecular formula is C15H16Cl3N2O2+. The molecule has 1 aromatic heterocycles. The fourth-order valence-corrected chi connectivity index (χ4v) is 2.62. The molecule has 2 rings (SSSR count). The van der Waals surface area contributed by atoms with Crippen molar-refractivity contribution in [1.29, 1.82) is 0 Å². The molecule has 0 radical (unpaired) electrons. The summed E-state index contributed by atoms with van der Waals surface area (Å²) in [4.78, 5) is 13.1. The summed E-state index contributed by atoms with van der Waals surface area (Å²) in [7, 11) is 1.91. The fourth-order valence-electron chi connectivity index (χ4n) is 2.03. The van der Waals surface area contributed by atoms with Crippen molar-refractivity contribution in [3.8, 4) is 0 Å². The number of likely N-dealkylation sites (N-methyl/N-ethyl adjacent to an activating group) is 1. The summed E-state index contributed by atoms with van der Waals surface area (Å²) in [5, 5.41) is 3.77. The summed E-state index contributed by atoms with van der Waals surface area (Å²) < 4.78 is 5.50. The molecule has 0 fully saturated rings. The van der Waals surface area contributed by atoms with Crippen molar-refractivity contribution in [3.05, 3.63) is 50.9 Å². The van der Waals surface area contributed by atoms with Crippen LogP contribution in [0.5, 0.6) is 0 Å².